The first kappa shape index (κ1) is 37.1. The molecule has 2 N–H and O–H groups in total. The van der Waals surface area contributed by atoms with Gasteiger partial charge in [0.15, 0.2) is 26.5 Å². The van der Waals surface area contributed by atoms with Crippen molar-refractivity contribution in [1.29, 1.82) is 5.26 Å². The molecule has 14 heteroatoms. The standard InChI is InChI=1S/C34H45ClF2N6O4Si/c1-21-18-42(19-22(2)34(21,36)37)31-24(17-38)15-26(35)30(41-31)40-25-10-11-27-23(14-25)16-28(46-20-29(44)39-6)32(45)43(27)12-9-13-47-48(7,8)33(3,4)5/h10-11,14-16,21-22H,9,12-13,18-20H2,1-8H3,(H,39,44)(H,40,41)/t21-,22+. The summed E-state index contributed by atoms with van der Waals surface area (Å²) in [5, 5.41) is 16.4. The number of likely N-dealkylation sites (N-methyl/N-ethyl adjacent to an activating group) is 1. The molecule has 48 heavy (non-hydrogen) atoms. The van der Waals surface area contributed by atoms with E-state index in [1.54, 1.807) is 33.7 Å². The normalized spacial score (nSPS) is 18.0. The highest BCUT2D eigenvalue weighted by atomic mass is 35.5. The van der Waals surface area contributed by atoms with E-state index in [0.717, 1.165) is 0 Å². The minimum Gasteiger partial charge on any atom is -0.478 e. The molecule has 2 atom stereocenters. The van der Waals surface area contributed by atoms with E-state index in [4.69, 9.17) is 20.8 Å². The van der Waals surface area contributed by atoms with Crippen molar-refractivity contribution in [3.63, 3.8) is 0 Å². The highest BCUT2D eigenvalue weighted by Gasteiger charge is 2.47. The van der Waals surface area contributed by atoms with Gasteiger partial charge in [-0.05, 0) is 54.9 Å². The van der Waals surface area contributed by atoms with Crippen molar-refractivity contribution in [3.8, 4) is 11.8 Å². The van der Waals surface area contributed by atoms with Crippen LogP contribution in [0.2, 0.25) is 23.2 Å². The molecule has 0 bridgehead atoms. The molecule has 0 unspecified atom stereocenters. The van der Waals surface area contributed by atoms with Crippen molar-refractivity contribution in [2.75, 3.05) is 43.6 Å². The highest BCUT2D eigenvalue weighted by Crippen LogP contribution is 2.41. The first-order valence-corrected chi connectivity index (χ1v) is 19.3. The molecule has 1 aliphatic rings. The summed E-state index contributed by atoms with van der Waals surface area (Å²) in [6, 6.07) is 10.5. The van der Waals surface area contributed by atoms with E-state index in [1.807, 2.05) is 0 Å². The average molecular weight is 703 g/mol. The summed E-state index contributed by atoms with van der Waals surface area (Å²) in [6.07, 6.45) is 0.591. The van der Waals surface area contributed by atoms with Crippen molar-refractivity contribution in [3.05, 3.63) is 51.3 Å². The molecule has 0 radical (unpaired) electrons. The van der Waals surface area contributed by atoms with E-state index in [2.05, 4.69) is 55.6 Å². The van der Waals surface area contributed by atoms with Gasteiger partial charge in [-0.2, -0.15) is 5.26 Å². The van der Waals surface area contributed by atoms with Gasteiger partial charge in [0.1, 0.15) is 11.9 Å². The van der Waals surface area contributed by atoms with Crippen molar-refractivity contribution in [2.45, 2.75) is 71.6 Å². The Morgan fingerprint density at radius 3 is 2.46 bits per heavy atom. The summed E-state index contributed by atoms with van der Waals surface area (Å²) in [5.41, 5.74) is 1.05. The molecule has 2 aromatic heterocycles. The number of nitriles is 1. The third-order valence-corrected chi connectivity index (χ3v) is 14.3. The minimum atomic E-state index is -2.83. The number of piperidine rings is 1. The number of pyridine rings is 2. The lowest BCUT2D eigenvalue weighted by Crippen LogP contribution is -2.52. The highest BCUT2D eigenvalue weighted by molar-refractivity contribution is 6.74. The number of halogens is 3. The Kier molecular flexibility index (Phi) is 11.1. The van der Waals surface area contributed by atoms with E-state index in [0.29, 0.717) is 36.2 Å². The molecule has 0 aliphatic carbocycles. The number of carbonyl (C=O) groups is 1. The van der Waals surface area contributed by atoms with Crippen molar-refractivity contribution in [1.82, 2.24) is 14.9 Å². The van der Waals surface area contributed by atoms with Gasteiger partial charge in [0.25, 0.3) is 17.4 Å². The van der Waals surface area contributed by atoms with Crippen LogP contribution in [0.25, 0.3) is 10.9 Å². The van der Waals surface area contributed by atoms with Gasteiger partial charge in [-0.15, -0.1) is 0 Å². The Hall–Kier alpha value is -3.73. The Morgan fingerprint density at radius 1 is 1.19 bits per heavy atom. The van der Waals surface area contributed by atoms with E-state index >= 15 is 0 Å². The zero-order valence-corrected chi connectivity index (χ0v) is 30.6. The van der Waals surface area contributed by atoms with Gasteiger partial charge >= 0.3 is 0 Å². The number of alkyl halides is 2. The number of amides is 1. The maximum atomic E-state index is 14.6. The average Bonchev–Trinajstić information content (AvgIpc) is 3.01. The third-order valence-electron chi connectivity index (χ3n) is 9.43. The number of nitrogens with zero attached hydrogens (tertiary/aromatic N) is 4. The molecule has 0 spiro atoms. The number of carbonyl (C=O) groups excluding carboxylic acids is 1. The van der Waals surface area contributed by atoms with Gasteiger partial charge in [-0.3, -0.25) is 9.59 Å². The molecular weight excluding hydrogens is 658 g/mol. The van der Waals surface area contributed by atoms with Crippen molar-refractivity contribution in [2.24, 2.45) is 11.8 Å². The summed E-state index contributed by atoms with van der Waals surface area (Å²) in [7, 11) is -0.484. The van der Waals surface area contributed by atoms with Crippen LogP contribution >= 0.6 is 11.6 Å². The molecule has 1 amide bonds. The second kappa shape index (κ2) is 14.4. The monoisotopic (exact) mass is 702 g/mol. The zero-order valence-electron chi connectivity index (χ0n) is 28.8. The van der Waals surface area contributed by atoms with Crippen LogP contribution in [0.4, 0.5) is 26.1 Å². The number of anilines is 3. The van der Waals surface area contributed by atoms with Crippen LogP contribution in [-0.4, -0.2) is 63.0 Å². The molecule has 3 aromatic rings. The number of benzene rings is 1. The number of aryl methyl sites for hydroxylation is 1. The molecule has 1 aromatic carbocycles. The van der Waals surface area contributed by atoms with Crippen molar-refractivity contribution < 1.29 is 22.7 Å². The summed E-state index contributed by atoms with van der Waals surface area (Å²) in [6.45, 7) is 14.5. The molecular formula is C34H45ClF2N6O4Si. The minimum absolute atomic E-state index is 0.0236. The lowest BCUT2D eigenvalue weighted by molar-refractivity contribution is -0.122. The van der Waals surface area contributed by atoms with Gasteiger partial charge in [0, 0.05) is 56.2 Å². The SMILES string of the molecule is CNC(=O)COc1cc2cc(Nc3nc(N4C[C@@H](C)C(F)(F)[C@@H](C)C4)c(C#N)cc3Cl)ccc2n(CCCO[Si](C)(C)C(C)(C)C)c1=O. The number of aromatic nitrogens is 2. The number of fused-ring (bicyclic) bond motifs is 1. The zero-order chi connectivity index (χ0) is 35.6. The fourth-order valence-corrected chi connectivity index (χ4v) is 6.70. The van der Waals surface area contributed by atoms with Gasteiger partial charge in [0.2, 0.25) is 0 Å². The van der Waals surface area contributed by atoms with E-state index in [9.17, 15) is 23.6 Å². The molecule has 3 heterocycles. The fraction of sp³-hybridized carbons (Fsp3) is 0.529. The van der Waals surface area contributed by atoms with Crippen LogP contribution < -0.4 is 25.8 Å². The third kappa shape index (κ3) is 7.93. The lowest BCUT2D eigenvalue weighted by Gasteiger charge is -2.42. The predicted molar refractivity (Wildman–Crippen MR) is 188 cm³/mol. The molecule has 1 aliphatic heterocycles. The molecule has 260 valence electrons. The summed E-state index contributed by atoms with van der Waals surface area (Å²) < 4.78 is 42.8. The molecule has 1 saturated heterocycles. The second-order valence-corrected chi connectivity index (χ2v) is 19.2. The Bertz CT molecular complexity index is 1760. The summed E-state index contributed by atoms with van der Waals surface area (Å²) in [5.74, 6) is -4.53. The van der Waals surface area contributed by atoms with Gasteiger partial charge < -0.3 is 29.3 Å². The van der Waals surface area contributed by atoms with E-state index < -0.39 is 26.1 Å². The maximum absolute atomic E-state index is 14.6. The number of nitrogens with one attached hydrogen (secondary N) is 2. The van der Waals surface area contributed by atoms with Crippen LogP contribution in [0.1, 0.15) is 46.6 Å². The van der Waals surface area contributed by atoms with Gasteiger partial charge in [-0.25, -0.2) is 13.8 Å². The quantitative estimate of drug-likeness (QED) is 0.163. The van der Waals surface area contributed by atoms with Crippen LogP contribution in [0, 0.1) is 23.2 Å². The smallest absolute Gasteiger partial charge is 0.293 e. The van der Waals surface area contributed by atoms with Crippen molar-refractivity contribution >= 4 is 54.1 Å². The largest absolute Gasteiger partial charge is 0.478 e. The van der Waals surface area contributed by atoms with Crippen LogP contribution in [0.3, 0.4) is 0 Å². The van der Waals surface area contributed by atoms with Crippen LogP contribution in [0.5, 0.6) is 5.75 Å². The molecule has 1 fully saturated rings. The van der Waals surface area contributed by atoms with E-state index in [1.165, 1.54) is 27.0 Å². The second-order valence-electron chi connectivity index (χ2n) is 14.0. The lowest BCUT2D eigenvalue weighted by atomic mass is 9.87. The summed E-state index contributed by atoms with van der Waals surface area (Å²) >= 11 is 6.55. The number of hydrogen-bond acceptors (Lipinski definition) is 8. The Balaban J connectivity index is 1.67. The number of rotatable bonds is 11. The molecule has 0 saturated carbocycles. The topological polar surface area (TPSA) is 122 Å². The summed E-state index contributed by atoms with van der Waals surface area (Å²) in [4.78, 5) is 31.8. The van der Waals surface area contributed by atoms with Crippen LogP contribution in [-0.2, 0) is 15.8 Å². The molecule has 4 rings (SSSR count). The van der Waals surface area contributed by atoms with Crippen LogP contribution in [0.15, 0.2) is 35.1 Å². The number of ether oxygens (including phenoxy) is 1. The predicted octanol–water partition coefficient (Wildman–Crippen LogP) is 6.93. The number of hydrogen-bond donors (Lipinski definition) is 2. The first-order valence-electron chi connectivity index (χ1n) is 16.0. The fourth-order valence-electron chi connectivity index (χ4n) is 5.41. The van der Waals surface area contributed by atoms with Gasteiger partial charge in [-0.1, -0.05) is 46.2 Å². The Morgan fingerprint density at radius 2 is 1.85 bits per heavy atom. The maximum Gasteiger partial charge on any atom is 0.293 e. The first-order chi connectivity index (χ1) is 22.4. The molecule has 10 nitrogen and oxygen atoms in total. The van der Waals surface area contributed by atoms with E-state index in [-0.39, 0.29) is 64.2 Å². The Labute approximate surface area is 286 Å². The van der Waals surface area contributed by atoms with Gasteiger partial charge in [0.05, 0.1) is 16.1 Å².